The van der Waals surface area contributed by atoms with E-state index in [0.29, 0.717) is 5.56 Å². The second-order valence-electron chi connectivity index (χ2n) is 3.57. The van der Waals surface area contributed by atoms with Crippen LogP contribution in [0.2, 0.25) is 0 Å². The highest BCUT2D eigenvalue weighted by Gasteiger charge is 2.26. The fourth-order valence-corrected chi connectivity index (χ4v) is 2.59. The molecule has 0 amide bonds. The summed E-state index contributed by atoms with van der Waals surface area (Å²) in [5, 5.41) is 11.2. The maximum Gasteiger partial charge on any atom is 0.311 e. The van der Waals surface area contributed by atoms with Crippen molar-refractivity contribution in [3.05, 3.63) is 17.8 Å². The van der Waals surface area contributed by atoms with Crippen LogP contribution in [-0.4, -0.2) is 30.3 Å². The molecule has 8 heteroatoms. The van der Waals surface area contributed by atoms with Crippen molar-refractivity contribution >= 4 is 27.6 Å². The molecule has 1 aromatic heterocycles. The number of hydrogen-bond donors (Lipinski definition) is 2. The lowest BCUT2D eigenvalue weighted by molar-refractivity contribution is -0.135. The first-order valence-corrected chi connectivity index (χ1v) is 6.12. The molecule has 0 fully saturated rings. The Labute approximate surface area is 97.3 Å². The molecule has 1 aliphatic rings. The van der Waals surface area contributed by atoms with Gasteiger partial charge in [0.15, 0.2) is 5.82 Å². The first-order valence-electron chi connectivity index (χ1n) is 4.68. The molecule has 0 radical (unpaired) electrons. The van der Waals surface area contributed by atoms with Gasteiger partial charge < -0.3 is 10.4 Å². The fraction of sp³-hybridized carbons (Fsp3) is 0.222. The zero-order valence-electron chi connectivity index (χ0n) is 8.84. The second-order valence-corrected chi connectivity index (χ2v) is 5.14. The Bertz CT molecular complexity index is 621. The summed E-state index contributed by atoms with van der Waals surface area (Å²) in [5.41, 5.74) is 0.686. The van der Waals surface area contributed by atoms with Crippen LogP contribution in [0, 0.1) is 6.92 Å². The van der Waals surface area contributed by atoms with Gasteiger partial charge in [-0.25, -0.2) is 4.98 Å². The summed E-state index contributed by atoms with van der Waals surface area (Å²) in [6, 6.07) is 1.44. The summed E-state index contributed by atoms with van der Waals surface area (Å²) in [5.74, 6) is -1.19. The number of aromatic nitrogens is 1. The van der Waals surface area contributed by atoms with Crippen LogP contribution in [0.3, 0.4) is 0 Å². The normalized spacial score (nSPS) is 16.6. The summed E-state index contributed by atoms with van der Waals surface area (Å²) < 4.78 is 26.9. The number of rotatable bonds is 2. The van der Waals surface area contributed by atoms with Gasteiger partial charge in [-0.05, 0) is 18.6 Å². The molecule has 2 rings (SSSR count). The van der Waals surface area contributed by atoms with Crippen molar-refractivity contribution in [3.8, 4) is 0 Å². The van der Waals surface area contributed by atoms with Gasteiger partial charge in [-0.15, -0.1) is 4.40 Å². The SMILES string of the molecule is Cc1cnc2c(c1)S(=O)(=O)N=C(CC(=O)O)N2. The average Bonchev–Trinajstić information content (AvgIpc) is 2.17. The quantitative estimate of drug-likeness (QED) is 0.790. The summed E-state index contributed by atoms with van der Waals surface area (Å²) in [4.78, 5) is 14.4. The van der Waals surface area contributed by atoms with E-state index in [1.165, 1.54) is 12.3 Å². The molecule has 1 aliphatic heterocycles. The van der Waals surface area contributed by atoms with Crippen LogP contribution in [-0.2, 0) is 14.8 Å². The largest absolute Gasteiger partial charge is 0.481 e. The lowest BCUT2D eigenvalue weighted by Crippen LogP contribution is -2.24. The second kappa shape index (κ2) is 3.81. The van der Waals surface area contributed by atoms with E-state index < -0.39 is 22.4 Å². The lowest BCUT2D eigenvalue weighted by Gasteiger charge is -2.16. The maximum atomic E-state index is 11.8. The maximum absolute atomic E-state index is 11.8. The first kappa shape index (κ1) is 11.5. The van der Waals surface area contributed by atoms with Gasteiger partial charge >= 0.3 is 5.97 Å². The van der Waals surface area contributed by atoms with E-state index in [1.807, 2.05) is 0 Å². The highest BCUT2D eigenvalue weighted by atomic mass is 32.2. The van der Waals surface area contributed by atoms with Crippen molar-refractivity contribution < 1.29 is 18.3 Å². The Balaban J connectivity index is 2.50. The predicted octanol–water partition coefficient (Wildman–Crippen LogP) is 0.377. The molecule has 0 aliphatic carbocycles. The summed E-state index contributed by atoms with van der Waals surface area (Å²) in [7, 11) is -3.86. The number of hydrogen-bond acceptors (Lipinski definition) is 5. The van der Waals surface area contributed by atoms with E-state index in [9.17, 15) is 13.2 Å². The van der Waals surface area contributed by atoms with E-state index in [-0.39, 0.29) is 16.5 Å². The van der Waals surface area contributed by atoms with Gasteiger partial charge in [-0.3, -0.25) is 4.79 Å². The number of anilines is 1. The van der Waals surface area contributed by atoms with Gasteiger partial charge in [0, 0.05) is 6.20 Å². The van der Waals surface area contributed by atoms with E-state index >= 15 is 0 Å². The van der Waals surface area contributed by atoms with E-state index in [2.05, 4.69) is 14.7 Å². The third kappa shape index (κ3) is 2.26. The Morgan fingerprint density at radius 3 is 2.88 bits per heavy atom. The number of amidine groups is 1. The van der Waals surface area contributed by atoms with E-state index in [1.54, 1.807) is 6.92 Å². The Hall–Kier alpha value is -1.96. The summed E-state index contributed by atoms with van der Waals surface area (Å²) in [6.07, 6.45) is 0.999. The number of fused-ring (bicyclic) bond motifs is 1. The molecule has 0 atom stereocenters. The van der Waals surface area contributed by atoms with Crippen LogP contribution in [0.4, 0.5) is 5.82 Å². The molecule has 0 saturated heterocycles. The summed E-state index contributed by atoms with van der Waals surface area (Å²) in [6.45, 7) is 1.71. The van der Waals surface area contributed by atoms with Crippen LogP contribution in [0.5, 0.6) is 0 Å². The molecule has 17 heavy (non-hydrogen) atoms. The smallest absolute Gasteiger partial charge is 0.311 e. The number of pyridine rings is 1. The summed E-state index contributed by atoms with van der Waals surface area (Å²) >= 11 is 0. The van der Waals surface area contributed by atoms with Gasteiger partial charge in [0.2, 0.25) is 0 Å². The molecule has 0 bridgehead atoms. The Morgan fingerprint density at radius 2 is 2.24 bits per heavy atom. The lowest BCUT2D eigenvalue weighted by atomic mass is 10.3. The molecule has 0 aromatic carbocycles. The molecule has 0 unspecified atom stereocenters. The molecular formula is C9H9N3O4S. The van der Waals surface area contributed by atoms with Crippen LogP contribution in [0.15, 0.2) is 21.6 Å². The van der Waals surface area contributed by atoms with E-state index in [0.717, 1.165) is 0 Å². The van der Waals surface area contributed by atoms with Crippen LogP contribution >= 0.6 is 0 Å². The van der Waals surface area contributed by atoms with Gasteiger partial charge in [-0.1, -0.05) is 0 Å². The van der Waals surface area contributed by atoms with Crippen molar-refractivity contribution in [1.82, 2.24) is 4.98 Å². The fourth-order valence-electron chi connectivity index (χ4n) is 1.41. The Kier molecular flexibility index (Phi) is 2.58. The van der Waals surface area contributed by atoms with Crippen molar-refractivity contribution in [1.29, 1.82) is 0 Å². The van der Waals surface area contributed by atoms with Gasteiger partial charge in [0.05, 0.1) is 0 Å². The molecule has 1 aromatic rings. The average molecular weight is 255 g/mol. The highest BCUT2D eigenvalue weighted by molar-refractivity contribution is 7.90. The topological polar surface area (TPSA) is 109 Å². The minimum atomic E-state index is -3.86. The van der Waals surface area contributed by atoms with Gasteiger partial charge in [0.1, 0.15) is 17.2 Å². The molecular weight excluding hydrogens is 246 g/mol. The minimum Gasteiger partial charge on any atom is -0.481 e. The molecule has 90 valence electrons. The van der Waals surface area contributed by atoms with Crippen molar-refractivity contribution in [2.75, 3.05) is 5.32 Å². The molecule has 0 saturated carbocycles. The number of carbonyl (C=O) groups is 1. The molecule has 0 spiro atoms. The van der Waals surface area contributed by atoms with Crippen LogP contribution in [0.25, 0.3) is 0 Å². The number of carboxylic acid groups (broad SMARTS) is 1. The monoisotopic (exact) mass is 255 g/mol. The van der Waals surface area contributed by atoms with Crippen molar-refractivity contribution in [2.45, 2.75) is 18.2 Å². The third-order valence-electron chi connectivity index (χ3n) is 2.08. The molecule has 7 nitrogen and oxygen atoms in total. The molecule has 2 heterocycles. The number of sulfonamides is 1. The molecule has 2 N–H and O–H groups in total. The van der Waals surface area contributed by atoms with Crippen LogP contribution < -0.4 is 5.32 Å². The number of aliphatic carboxylic acids is 1. The number of carboxylic acids is 1. The van der Waals surface area contributed by atoms with Crippen molar-refractivity contribution in [3.63, 3.8) is 0 Å². The zero-order valence-corrected chi connectivity index (χ0v) is 9.65. The Morgan fingerprint density at radius 1 is 1.53 bits per heavy atom. The number of nitrogens with zero attached hydrogens (tertiary/aromatic N) is 2. The standard InChI is InChI=1S/C9H9N3O4S/c1-5-2-6-9(10-4-5)11-7(3-8(13)14)12-17(6,15)16/h2,4H,3H2,1H3,(H,13,14)(H,10,11,12). The van der Waals surface area contributed by atoms with Crippen molar-refractivity contribution in [2.24, 2.45) is 4.40 Å². The van der Waals surface area contributed by atoms with E-state index in [4.69, 9.17) is 5.11 Å². The van der Waals surface area contributed by atoms with Crippen LogP contribution in [0.1, 0.15) is 12.0 Å². The minimum absolute atomic E-state index is 0.0355. The number of nitrogens with one attached hydrogen (secondary N) is 1. The van der Waals surface area contributed by atoms with Gasteiger partial charge in [-0.2, -0.15) is 8.42 Å². The highest BCUT2D eigenvalue weighted by Crippen LogP contribution is 2.26. The number of aryl methyl sites for hydroxylation is 1. The zero-order chi connectivity index (χ0) is 12.6. The predicted molar refractivity (Wildman–Crippen MR) is 59.5 cm³/mol. The van der Waals surface area contributed by atoms with Gasteiger partial charge in [0.25, 0.3) is 10.0 Å². The third-order valence-corrected chi connectivity index (χ3v) is 3.41. The first-order chi connectivity index (χ1) is 7.88.